The third kappa shape index (κ3) is 0.866. The van der Waals surface area contributed by atoms with Crippen LogP contribution in [0.25, 0.3) is 0 Å². The van der Waals surface area contributed by atoms with Gasteiger partial charge in [0.2, 0.25) is 0 Å². The van der Waals surface area contributed by atoms with Gasteiger partial charge in [0.15, 0.2) is 0 Å². The van der Waals surface area contributed by atoms with Crippen molar-refractivity contribution in [3.05, 3.63) is 21.9 Å². The summed E-state index contributed by atoms with van der Waals surface area (Å²) < 4.78 is 1.13. The number of aryl methyl sites for hydroxylation is 1. The van der Waals surface area contributed by atoms with Gasteiger partial charge >= 0.3 is 0 Å². The van der Waals surface area contributed by atoms with Crippen molar-refractivity contribution < 1.29 is 0 Å². The zero-order valence-corrected chi connectivity index (χ0v) is 6.69. The average molecular weight is 221 g/mol. The minimum atomic E-state index is 0.906. The lowest BCUT2D eigenvalue weighted by Crippen LogP contribution is -1.72. The minimum absolute atomic E-state index is 0.906. The van der Waals surface area contributed by atoms with E-state index >= 15 is 0 Å². The third-order valence-corrected chi connectivity index (χ3v) is 2.37. The monoisotopic (exact) mass is 221 g/mol. The predicted octanol–water partition coefficient (Wildman–Crippen LogP) is 1.50. The molecule has 0 spiro atoms. The molecule has 1 heterocycles. The number of rotatable bonds is 0. The Morgan fingerprint density at radius 3 is 2.50 bits per heavy atom. The van der Waals surface area contributed by atoms with Gasteiger partial charge in [-0.05, 0) is 36.4 Å². The molecule has 0 amide bonds. The molecule has 43 valence electrons. The fraction of sp³-hybridized carbons (Fsp3) is 0.200. The summed E-state index contributed by atoms with van der Waals surface area (Å²) in [5.41, 5.74) is 1.93. The zero-order valence-electron chi connectivity index (χ0n) is 4.53. The molecule has 0 bridgehead atoms. The molecule has 0 aliphatic heterocycles. The van der Waals surface area contributed by atoms with Gasteiger partial charge < -0.3 is 0 Å². The molecule has 8 heavy (non-hydrogen) atoms. The lowest BCUT2D eigenvalue weighted by atomic mass is 10.4. The normalized spacial score (nSPS) is 9.88. The number of hydrogen-bond acceptors (Lipinski definition) is 1. The molecule has 1 radical (unpaired) electrons. The lowest BCUT2D eigenvalue weighted by Gasteiger charge is -1.80. The summed E-state index contributed by atoms with van der Waals surface area (Å²) in [6.07, 6.45) is 0. The maximum absolute atomic E-state index is 3.92. The van der Waals surface area contributed by atoms with E-state index in [1.807, 2.05) is 6.92 Å². The van der Waals surface area contributed by atoms with Crippen molar-refractivity contribution in [3.8, 4) is 0 Å². The Morgan fingerprint density at radius 2 is 2.38 bits per heavy atom. The van der Waals surface area contributed by atoms with E-state index in [0.29, 0.717) is 0 Å². The first-order valence-corrected chi connectivity index (χ1v) is 3.32. The van der Waals surface area contributed by atoms with Crippen molar-refractivity contribution >= 4 is 22.6 Å². The van der Waals surface area contributed by atoms with Crippen LogP contribution in [-0.4, -0.2) is 10.2 Å². The van der Waals surface area contributed by atoms with Crippen LogP contribution in [0, 0.1) is 17.4 Å². The minimum Gasteiger partial charge on any atom is -0.281 e. The average Bonchev–Trinajstić information content (AvgIpc) is 1.98. The second-order valence-electron chi connectivity index (χ2n) is 1.60. The first-order valence-electron chi connectivity index (χ1n) is 2.24. The molecule has 0 fully saturated rings. The van der Waals surface area contributed by atoms with Gasteiger partial charge in [0.25, 0.3) is 0 Å². The van der Waals surface area contributed by atoms with Crippen molar-refractivity contribution in [2.75, 3.05) is 0 Å². The third-order valence-electron chi connectivity index (χ3n) is 0.941. The van der Waals surface area contributed by atoms with E-state index in [2.05, 4.69) is 39.7 Å². The first-order chi connectivity index (χ1) is 3.72. The second kappa shape index (κ2) is 2.05. The van der Waals surface area contributed by atoms with Crippen molar-refractivity contribution in [2.24, 2.45) is 0 Å². The smallest absolute Gasteiger partial charge is 0.0727 e. The Balaban J connectivity index is 3.19. The molecule has 0 aliphatic carbocycles. The van der Waals surface area contributed by atoms with Gasteiger partial charge in [-0.25, -0.2) is 0 Å². The summed E-state index contributed by atoms with van der Waals surface area (Å²) in [5.74, 6) is 0. The van der Waals surface area contributed by atoms with E-state index in [1.165, 1.54) is 0 Å². The maximum Gasteiger partial charge on any atom is 0.0727 e. The summed E-state index contributed by atoms with van der Waals surface area (Å²) in [6, 6.07) is 0. The van der Waals surface area contributed by atoms with Crippen LogP contribution in [0.3, 0.4) is 0 Å². The first kappa shape index (κ1) is 6.07. The van der Waals surface area contributed by atoms with Crippen molar-refractivity contribution in [3.63, 3.8) is 0 Å². The topological polar surface area (TPSA) is 28.7 Å². The van der Waals surface area contributed by atoms with Crippen LogP contribution in [0.1, 0.15) is 11.4 Å². The zero-order chi connectivity index (χ0) is 6.15. The highest BCUT2D eigenvalue weighted by atomic mass is 127. The van der Waals surface area contributed by atoms with Crippen molar-refractivity contribution in [2.45, 2.75) is 6.92 Å². The van der Waals surface area contributed by atoms with Crippen LogP contribution in [0.4, 0.5) is 0 Å². The van der Waals surface area contributed by atoms with Gasteiger partial charge in [0.1, 0.15) is 0 Å². The summed E-state index contributed by atoms with van der Waals surface area (Å²) in [6.45, 7) is 5.67. The molecule has 0 aliphatic rings. The van der Waals surface area contributed by atoms with E-state index in [0.717, 1.165) is 15.0 Å². The van der Waals surface area contributed by atoms with E-state index in [9.17, 15) is 0 Å². The van der Waals surface area contributed by atoms with Crippen molar-refractivity contribution in [1.29, 1.82) is 0 Å². The Morgan fingerprint density at radius 1 is 1.75 bits per heavy atom. The van der Waals surface area contributed by atoms with Gasteiger partial charge in [0, 0.05) is 5.69 Å². The van der Waals surface area contributed by atoms with Gasteiger partial charge in [-0.1, -0.05) is 0 Å². The standard InChI is InChI=1S/C5H6IN2/c1-3-5(6)4(2)8-7-3/h1H2,2H3,(H,7,8). The summed E-state index contributed by atoms with van der Waals surface area (Å²) >= 11 is 2.21. The fourth-order valence-electron chi connectivity index (χ4n) is 0.468. The number of aromatic amines is 1. The maximum atomic E-state index is 3.92. The van der Waals surface area contributed by atoms with Crippen LogP contribution >= 0.6 is 22.6 Å². The number of nitrogens with one attached hydrogen (secondary N) is 1. The Kier molecular flexibility index (Phi) is 1.55. The largest absolute Gasteiger partial charge is 0.281 e. The highest BCUT2D eigenvalue weighted by Crippen LogP contribution is 2.10. The lowest BCUT2D eigenvalue weighted by molar-refractivity contribution is 1.03. The highest BCUT2D eigenvalue weighted by Gasteiger charge is 1.98. The Hall–Kier alpha value is -0.0600. The predicted molar refractivity (Wildman–Crippen MR) is 40.5 cm³/mol. The SMILES string of the molecule is [CH2]c1[nH]nc(C)c1I. The number of aromatic nitrogens is 2. The Labute approximate surface area is 61.8 Å². The van der Waals surface area contributed by atoms with E-state index in [4.69, 9.17) is 0 Å². The second-order valence-corrected chi connectivity index (χ2v) is 2.68. The van der Waals surface area contributed by atoms with Crippen LogP contribution < -0.4 is 0 Å². The van der Waals surface area contributed by atoms with Crippen molar-refractivity contribution in [1.82, 2.24) is 10.2 Å². The van der Waals surface area contributed by atoms with E-state index in [-0.39, 0.29) is 0 Å². The van der Waals surface area contributed by atoms with Gasteiger partial charge in [0.05, 0.1) is 9.26 Å². The van der Waals surface area contributed by atoms with Crippen LogP contribution in [0.5, 0.6) is 0 Å². The number of H-pyrrole nitrogens is 1. The quantitative estimate of drug-likeness (QED) is 0.661. The summed E-state index contributed by atoms with van der Waals surface area (Å²) in [4.78, 5) is 0. The van der Waals surface area contributed by atoms with Crippen LogP contribution in [0.2, 0.25) is 0 Å². The van der Waals surface area contributed by atoms with E-state index < -0.39 is 0 Å². The molecule has 0 unspecified atom stereocenters. The molecule has 2 nitrogen and oxygen atoms in total. The molecule has 0 saturated heterocycles. The molecule has 1 aromatic rings. The number of hydrogen-bond donors (Lipinski definition) is 1. The highest BCUT2D eigenvalue weighted by molar-refractivity contribution is 14.1. The summed E-state index contributed by atoms with van der Waals surface area (Å²) in [7, 11) is 0. The molecule has 0 saturated carbocycles. The molecule has 1 aromatic heterocycles. The van der Waals surface area contributed by atoms with Crippen LogP contribution in [0.15, 0.2) is 0 Å². The van der Waals surface area contributed by atoms with E-state index in [1.54, 1.807) is 0 Å². The fourth-order valence-corrected chi connectivity index (χ4v) is 0.709. The van der Waals surface area contributed by atoms with Gasteiger partial charge in [-0.15, -0.1) is 0 Å². The molecule has 3 heteroatoms. The number of nitrogens with zero attached hydrogens (tertiary/aromatic N) is 1. The molecular weight excluding hydrogens is 215 g/mol. The Bertz CT molecular complexity index is 173. The molecule has 1 rings (SSSR count). The van der Waals surface area contributed by atoms with Gasteiger partial charge in [-0.3, -0.25) is 5.10 Å². The van der Waals surface area contributed by atoms with Gasteiger partial charge in [-0.2, -0.15) is 5.10 Å². The number of halogens is 1. The molecule has 0 atom stereocenters. The molecule has 0 aromatic carbocycles. The molecular formula is C5H6IN2. The summed E-state index contributed by atoms with van der Waals surface area (Å²) in [5, 5.41) is 6.69. The van der Waals surface area contributed by atoms with Crippen LogP contribution in [-0.2, 0) is 0 Å². The molecule has 1 N–H and O–H groups in total.